The van der Waals surface area contributed by atoms with Crippen molar-refractivity contribution in [3.63, 3.8) is 0 Å². The predicted octanol–water partition coefficient (Wildman–Crippen LogP) is 2.01. The van der Waals surface area contributed by atoms with Gasteiger partial charge >= 0.3 is 12.1 Å². The summed E-state index contributed by atoms with van der Waals surface area (Å²) in [5, 5.41) is 16.5. The van der Waals surface area contributed by atoms with Crippen LogP contribution < -0.4 is 16.0 Å². The van der Waals surface area contributed by atoms with Gasteiger partial charge in [0.25, 0.3) is 0 Å². The highest BCUT2D eigenvalue weighted by molar-refractivity contribution is 5.75. The number of carbonyl (C=O) groups excluding carboxylic acids is 2. The normalized spacial score (nSPS) is 21.6. The van der Waals surface area contributed by atoms with Crippen molar-refractivity contribution < 1.29 is 14.3 Å². The van der Waals surface area contributed by atoms with Crippen LogP contribution in [0.3, 0.4) is 0 Å². The van der Waals surface area contributed by atoms with Gasteiger partial charge in [-0.1, -0.05) is 12.8 Å². The minimum absolute atomic E-state index is 0.136. The van der Waals surface area contributed by atoms with Crippen LogP contribution in [0.25, 0.3) is 0 Å². The number of hydrogen-bond donors (Lipinski definition) is 3. The molecule has 1 heterocycles. The topological polar surface area (TPSA) is 110 Å². The van der Waals surface area contributed by atoms with Gasteiger partial charge in [-0.25, -0.2) is 9.59 Å². The third kappa shape index (κ3) is 5.89. The van der Waals surface area contributed by atoms with Crippen LogP contribution in [0.5, 0.6) is 0 Å². The van der Waals surface area contributed by atoms with Crippen LogP contribution in [0.4, 0.5) is 9.59 Å². The Balaban J connectivity index is 1.89. The number of hydrogen-bond acceptors (Lipinski definition) is 5. The third-order valence-electron chi connectivity index (χ3n) is 4.27. The molecule has 9 nitrogen and oxygen atoms in total. The molecule has 1 aromatic rings. The van der Waals surface area contributed by atoms with E-state index in [4.69, 9.17) is 4.74 Å². The van der Waals surface area contributed by atoms with Crippen molar-refractivity contribution >= 4 is 12.1 Å². The molecule has 2 rings (SSSR count). The summed E-state index contributed by atoms with van der Waals surface area (Å²) in [4.78, 5) is 24.4. The lowest BCUT2D eigenvalue weighted by molar-refractivity contribution is 0.0480. The monoisotopic (exact) mass is 366 g/mol. The van der Waals surface area contributed by atoms with Crippen LogP contribution in [0, 0.1) is 0 Å². The number of alkyl carbamates (subject to hydrolysis) is 1. The fourth-order valence-corrected chi connectivity index (χ4v) is 3.09. The van der Waals surface area contributed by atoms with Gasteiger partial charge in [-0.05, 0) is 40.5 Å². The van der Waals surface area contributed by atoms with Crippen LogP contribution in [0.2, 0.25) is 0 Å². The molecular formula is C17H30N6O3. The molecule has 1 aliphatic carbocycles. The lowest BCUT2D eigenvalue weighted by Crippen LogP contribution is -2.55. The van der Waals surface area contributed by atoms with Gasteiger partial charge in [0.2, 0.25) is 0 Å². The molecule has 1 fully saturated rings. The molecule has 0 aromatic carbocycles. The molecule has 9 heteroatoms. The van der Waals surface area contributed by atoms with E-state index >= 15 is 0 Å². The summed E-state index contributed by atoms with van der Waals surface area (Å²) in [7, 11) is 1.83. The summed E-state index contributed by atoms with van der Waals surface area (Å²) in [6.45, 7) is 7.32. The van der Waals surface area contributed by atoms with Gasteiger partial charge in [0.05, 0.1) is 18.1 Å². The standard InChI is InChI=1S/C17H30N6O3/c1-11(14-22-18-10-23(14)5)19-15(24)20-12-8-6-7-9-13(12)21-16(25)26-17(2,3)4/h10-13H,6-9H2,1-5H3,(H,21,25)(H2,19,20,24)/t11-,12+,13+/m0/s1. The average Bonchev–Trinajstić information content (AvgIpc) is 2.93. The largest absolute Gasteiger partial charge is 0.444 e. The van der Waals surface area contributed by atoms with Crippen LogP contribution in [0.1, 0.15) is 65.2 Å². The number of aromatic nitrogens is 3. The summed E-state index contributed by atoms with van der Waals surface area (Å²) in [6, 6.07) is -0.843. The van der Waals surface area contributed by atoms with Crippen molar-refractivity contribution in [2.45, 2.75) is 77.1 Å². The predicted molar refractivity (Wildman–Crippen MR) is 96.5 cm³/mol. The summed E-state index contributed by atoms with van der Waals surface area (Å²) in [5.41, 5.74) is -0.551. The first-order valence-corrected chi connectivity index (χ1v) is 9.06. The van der Waals surface area contributed by atoms with E-state index in [1.54, 1.807) is 10.9 Å². The molecular weight excluding hydrogens is 336 g/mol. The van der Waals surface area contributed by atoms with Crippen molar-refractivity contribution in [3.05, 3.63) is 12.2 Å². The Bertz CT molecular complexity index is 624. The number of amides is 3. The zero-order valence-electron chi connectivity index (χ0n) is 16.2. The van der Waals surface area contributed by atoms with E-state index in [1.807, 2.05) is 34.7 Å². The summed E-state index contributed by atoms with van der Waals surface area (Å²) in [6.07, 6.45) is 4.78. The molecule has 0 bridgehead atoms. The second kappa shape index (κ2) is 8.37. The van der Waals surface area contributed by atoms with E-state index in [2.05, 4.69) is 26.1 Å². The Labute approximate surface area is 154 Å². The van der Waals surface area contributed by atoms with Crippen LogP contribution in [-0.4, -0.2) is 44.6 Å². The number of nitrogens with one attached hydrogen (secondary N) is 3. The molecule has 0 radical (unpaired) electrons. The van der Waals surface area contributed by atoms with Gasteiger partial charge in [0, 0.05) is 7.05 Å². The van der Waals surface area contributed by atoms with Crippen LogP contribution in [-0.2, 0) is 11.8 Å². The maximum Gasteiger partial charge on any atom is 0.407 e. The van der Waals surface area contributed by atoms with E-state index in [-0.39, 0.29) is 24.2 Å². The summed E-state index contributed by atoms with van der Waals surface area (Å²) < 4.78 is 7.09. The molecule has 146 valence electrons. The van der Waals surface area contributed by atoms with Crippen LogP contribution >= 0.6 is 0 Å². The number of nitrogens with zero attached hydrogens (tertiary/aromatic N) is 3. The molecule has 0 spiro atoms. The Morgan fingerprint density at radius 1 is 1.23 bits per heavy atom. The van der Waals surface area contributed by atoms with Crippen molar-refractivity contribution in [1.82, 2.24) is 30.7 Å². The molecule has 26 heavy (non-hydrogen) atoms. The third-order valence-corrected chi connectivity index (χ3v) is 4.27. The SMILES string of the molecule is C[C@H](NC(=O)N[C@@H]1CCCC[C@H]1NC(=O)OC(C)(C)C)c1nncn1C. The lowest BCUT2D eigenvalue weighted by atomic mass is 9.90. The Hall–Kier alpha value is -2.32. The molecule has 1 aliphatic rings. The smallest absolute Gasteiger partial charge is 0.407 e. The van der Waals surface area contributed by atoms with Gasteiger partial charge in [-0.2, -0.15) is 0 Å². The maximum absolute atomic E-state index is 12.4. The highest BCUT2D eigenvalue weighted by Gasteiger charge is 2.30. The number of aryl methyl sites for hydroxylation is 1. The minimum atomic E-state index is -0.551. The van der Waals surface area contributed by atoms with Crippen molar-refractivity contribution in [2.24, 2.45) is 7.05 Å². The van der Waals surface area contributed by atoms with Crippen molar-refractivity contribution in [1.29, 1.82) is 0 Å². The molecule has 0 unspecified atom stereocenters. The lowest BCUT2D eigenvalue weighted by Gasteiger charge is -2.33. The molecule has 1 saturated carbocycles. The highest BCUT2D eigenvalue weighted by Crippen LogP contribution is 2.19. The minimum Gasteiger partial charge on any atom is -0.444 e. The molecule has 0 saturated heterocycles. The average molecular weight is 366 g/mol. The summed E-state index contributed by atoms with van der Waals surface area (Å²) >= 11 is 0. The van der Waals surface area contributed by atoms with E-state index in [0.29, 0.717) is 5.82 Å². The zero-order valence-corrected chi connectivity index (χ0v) is 16.2. The first kappa shape index (κ1) is 20.0. The first-order chi connectivity index (χ1) is 12.2. The zero-order chi connectivity index (χ0) is 19.3. The highest BCUT2D eigenvalue weighted by atomic mass is 16.6. The van der Waals surface area contributed by atoms with Crippen molar-refractivity contribution in [3.8, 4) is 0 Å². The van der Waals surface area contributed by atoms with Gasteiger partial charge in [0.15, 0.2) is 5.82 Å². The maximum atomic E-state index is 12.4. The second-order valence-electron chi connectivity index (χ2n) is 7.78. The first-order valence-electron chi connectivity index (χ1n) is 9.06. The Morgan fingerprint density at radius 3 is 2.38 bits per heavy atom. The van der Waals surface area contributed by atoms with Crippen molar-refractivity contribution in [2.75, 3.05) is 0 Å². The second-order valence-corrected chi connectivity index (χ2v) is 7.78. The number of urea groups is 1. The summed E-state index contributed by atoms with van der Waals surface area (Å²) in [5.74, 6) is 0.673. The van der Waals surface area contributed by atoms with Gasteiger partial charge in [-0.3, -0.25) is 0 Å². The number of ether oxygens (including phenoxy) is 1. The molecule has 1 aromatic heterocycles. The Kier molecular flexibility index (Phi) is 6.44. The fourth-order valence-electron chi connectivity index (χ4n) is 3.09. The molecule has 3 amide bonds. The fraction of sp³-hybridized carbons (Fsp3) is 0.765. The quantitative estimate of drug-likeness (QED) is 0.755. The van der Waals surface area contributed by atoms with Gasteiger partial charge in [0.1, 0.15) is 11.9 Å². The number of rotatable bonds is 4. The van der Waals surface area contributed by atoms with Gasteiger partial charge < -0.3 is 25.3 Å². The van der Waals surface area contributed by atoms with Crippen LogP contribution in [0.15, 0.2) is 6.33 Å². The molecule has 0 aliphatic heterocycles. The van der Waals surface area contributed by atoms with E-state index in [1.165, 1.54) is 0 Å². The molecule has 3 N–H and O–H groups in total. The Morgan fingerprint density at radius 2 is 1.85 bits per heavy atom. The van der Waals surface area contributed by atoms with E-state index < -0.39 is 11.7 Å². The number of carbonyl (C=O) groups is 2. The van der Waals surface area contributed by atoms with E-state index in [0.717, 1.165) is 25.7 Å². The molecule has 3 atom stereocenters. The van der Waals surface area contributed by atoms with Gasteiger partial charge in [-0.15, -0.1) is 10.2 Å². The van der Waals surface area contributed by atoms with E-state index in [9.17, 15) is 9.59 Å².